The van der Waals surface area contributed by atoms with Crippen LogP contribution in [-0.2, 0) is 0 Å². The number of hydrogen-bond acceptors (Lipinski definition) is 2. The van der Waals surface area contributed by atoms with Crippen LogP contribution in [0.15, 0.2) is 0 Å². The number of rotatable bonds is 1. The summed E-state index contributed by atoms with van der Waals surface area (Å²) in [6.07, 6.45) is 2.75. The monoisotopic (exact) mass is 182 g/mol. The van der Waals surface area contributed by atoms with E-state index < -0.39 is 0 Å². The van der Waals surface area contributed by atoms with Gasteiger partial charge in [-0.3, -0.25) is 4.90 Å². The lowest BCUT2D eigenvalue weighted by atomic mass is 9.81. The fraction of sp³-hybridized carbons (Fsp3) is 1.00. The van der Waals surface area contributed by atoms with Gasteiger partial charge in [0.1, 0.15) is 0 Å². The normalized spacial score (nSPS) is 39.9. The molecule has 2 rings (SSSR count). The zero-order chi connectivity index (χ0) is 9.47. The van der Waals surface area contributed by atoms with Crippen molar-refractivity contribution < 1.29 is 0 Å². The number of hydrogen-bond donors (Lipinski definition) is 1. The van der Waals surface area contributed by atoms with Gasteiger partial charge in [0, 0.05) is 25.2 Å². The van der Waals surface area contributed by atoms with Gasteiger partial charge in [-0.1, -0.05) is 13.8 Å². The summed E-state index contributed by atoms with van der Waals surface area (Å²) in [5.74, 6) is 0. The topological polar surface area (TPSA) is 15.3 Å². The fourth-order valence-corrected chi connectivity index (χ4v) is 2.81. The molecule has 0 aromatic rings. The van der Waals surface area contributed by atoms with Gasteiger partial charge in [0.25, 0.3) is 0 Å². The Balaban J connectivity index is 1.87. The third-order valence-corrected chi connectivity index (χ3v) is 3.45. The van der Waals surface area contributed by atoms with E-state index in [1.54, 1.807) is 0 Å². The van der Waals surface area contributed by atoms with Gasteiger partial charge in [0.2, 0.25) is 0 Å². The summed E-state index contributed by atoms with van der Waals surface area (Å²) in [6.45, 7) is 10.9. The third kappa shape index (κ3) is 1.89. The molecule has 76 valence electrons. The highest BCUT2D eigenvalue weighted by Gasteiger charge is 2.40. The lowest BCUT2D eigenvalue weighted by molar-refractivity contribution is -0.0254. The Bertz CT molecular complexity index is 181. The Morgan fingerprint density at radius 1 is 1.31 bits per heavy atom. The van der Waals surface area contributed by atoms with Crippen LogP contribution in [-0.4, -0.2) is 36.6 Å². The first-order chi connectivity index (χ1) is 6.08. The van der Waals surface area contributed by atoms with Crippen molar-refractivity contribution >= 4 is 0 Å². The Kier molecular flexibility index (Phi) is 2.37. The van der Waals surface area contributed by atoms with Gasteiger partial charge in [-0.2, -0.15) is 0 Å². The first kappa shape index (κ1) is 9.47. The molecule has 2 aliphatic heterocycles. The average molecular weight is 182 g/mol. The Labute approximate surface area is 81.7 Å². The largest absolute Gasteiger partial charge is 0.313 e. The van der Waals surface area contributed by atoms with Crippen molar-refractivity contribution in [2.45, 2.75) is 45.7 Å². The van der Waals surface area contributed by atoms with E-state index in [0.29, 0.717) is 11.5 Å². The van der Waals surface area contributed by atoms with E-state index in [9.17, 15) is 0 Å². The van der Waals surface area contributed by atoms with Crippen LogP contribution in [0.4, 0.5) is 0 Å². The number of piperidine rings is 1. The molecule has 0 amide bonds. The molecule has 2 saturated heterocycles. The molecule has 2 heteroatoms. The molecular formula is C11H22N2. The molecule has 2 heterocycles. The highest BCUT2D eigenvalue weighted by Crippen LogP contribution is 2.33. The molecule has 0 aromatic carbocycles. The highest BCUT2D eigenvalue weighted by molar-refractivity contribution is 4.96. The Hall–Kier alpha value is -0.0800. The summed E-state index contributed by atoms with van der Waals surface area (Å²) >= 11 is 0. The van der Waals surface area contributed by atoms with Gasteiger partial charge < -0.3 is 5.32 Å². The van der Waals surface area contributed by atoms with Crippen molar-refractivity contribution in [3.63, 3.8) is 0 Å². The molecule has 2 unspecified atom stereocenters. The van der Waals surface area contributed by atoms with Crippen LogP contribution in [0.3, 0.4) is 0 Å². The SMILES string of the molecule is CC1NCCCC1N1CC(C)(C)C1. The molecule has 0 spiro atoms. The molecule has 2 aliphatic rings. The molecule has 13 heavy (non-hydrogen) atoms. The predicted molar refractivity (Wildman–Crippen MR) is 55.8 cm³/mol. The minimum atomic E-state index is 0.581. The lowest BCUT2D eigenvalue weighted by Crippen LogP contribution is -2.63. The summed E-state index contributed by atoms with van der Waals surface area (Å²) in [5, 5.41) is 3.57. The lowest BCUT2D eigenvalue weighted by Gasteiger charge is -2.52. The van der Waals surface area contributed by atoms with E-state index in [4.69, 9.17) is 0 Å². The smallest absolute Gasteiger partial charge is 0.0247 e. The quantitative estimate of drug-likeness (QED) is 0.660. The molecule has 2 atom stereocenters. The van der Waals surface area contributed by atoms with Gasteiger partial charge in [-0.15, -0.1) is 0 Å². The van der Waals surface area contributed by atoms with E-state index in [2.05, 4.69) is 31.0 Å². The summed E-state index contributed by atoms with van der Waals surface area (Å²) in [4.78, 5) is 2.65. The van der Waals surface area contributed by atoms with Gasteiger partial charge >= 0.3 is 0 Å². The van der Waals surface area contributed by atoms with Crippen LogP contribution >= 0.6 is 0 Å². The van der Waals surface area contributed by atoms with E-state index in [-0.39, 0.29) is 0 Å². The van der Waals surface area contributed by atoms with E-state index in [0.717, 1.165) is 6.04 Å². The Morgan fingerprint density at radius 2 is 2.00 bits per heavy atom. The maximum absolute atomic E-state index is 3.57. The molecule has 0 radical (unpaired) electrons. The summed E-state index contributed by atoms with van der Waals surface area (Å²) in [7, 11) is 0. The second-order valence-electron chi connectivity index (χ2n) is 5.52. The van der Waals surface area contributed by atoms with E-state index >= 15 is 0 Å². The van der Waals surface area contributed by atoms with Gasteiger partial charge in [0.05, 0.1) is 0 Å². The maximum Gasteiger partial charge on any atom is 0.0247 e. The minimum Gasteiger partial charge on any atom is -0.313 e. The average Bonchev–Trinajstić information content (AvgIpc) is 2.01. The molecule has 0 bridgehead atoms. The zero-order valence-corrected chi connectivity index (χ0v) is 9.14. The van der Waals surface area contributed by atoms with Crippen LogP contribution in [0.2, 0.25) is 0 Å². The standard InChI is InChI=1S/C11H22N2/c1-9-10(5-4-6-12-9)13-7-11(2,3)8-13/h9-10,12H,4-8H2,1-3H3. The molecule has 0 saturated carbocycles. The molecule has 1 N–H and O–H groups in total. The third-order valence-electron chi connectivity index (χ3n) is 3.45. The van der Waals surface area contributed by atoms with E-state index in [1.807, 2.05) is 0 Å². The second kappa shape index (κ2) is 3.25. The first-order valence-corrected chi connectivity index (χ1v) is 5.56. The Morgan fingerprint density at radius 3 is 2.54 bits per heavy atom. The summed E-state index contributed by atoms with van der Waals surface area (Å²) in [6, 6.07) is 1.51. The van der Waals surface area contributed by atoms with Crippen LogP contribution in [0.25, 0.3) is 0 Å². The van der Waals surface area contributed by atoms with Crippen molar-refractivity contribution in [3.8, 4) is 0 Å². The number of nitrogens with zero attached hydrogens (tertiary/aromatic N) is 1. The number of likely N-dealkylation sites (tertiary alicyclic amines) is 1. The summed E-state index contributed by atoms with van der Waals surface area (Å²) in [5.41, 5.74) is 0.581. The second-order valence-corrected chi connectivity index (χ2v) is 5.52. The van der Waals surface area contributed by atoms with Gasteiger partial charge in [-0.05, 0) is 31.7 Å². The van der Waals surface area contributed by atoms with Crippen molar-refractivity contribution in [1.29, 1.82) is 0 Å². The van der Waals surface area contributed by atoms with Crippen LogP contribution in [0.5, 0.6) is 0 Å². The molecule has 0 aliphatic carbocycles. The van der Waals surface area contributed by atoms with Crippen LogP contribution in [0.1, 0.15) is 33.6 Å². The van der Waals surface area contributed by atoms with Crippen molar-refractivity contribution in [2.75, 3.05) is 19.6 Å². The summed E-state index contributed by atoms with van der Waals surface area (Å²) < 4.78 is 0. The minimum absolute atomic E-state index is 0.581. The molecule has 0 aromatic heterocycles. The first-order valence-electron chi connectivity index (χ1n) is 5.56. The van der Waals surface area contributed by atoms with Crippen molar-refractivity contribution in [2.24, 2.45) is 5.41 Å². The highest BCUT2D eigenvalue weighted by atomic mass is 15.3. The maximum atomic E-state index is 3.57. The molecular weight excluding hydrogens is 160 g/mol. The van der Waals surface area contributed by atoms with Crippen LogP contribution in [0, 0.1) is 5.41 Å². The van der Waals surface area contributed by atoms with Gasteiger partial charge in [-0.25, -0.2) is 0 Å². The molecule has 2 fully saturated rings. The van der Waals surface area contributed by atoms with Crippen molar-refractivity contribution in [1.82, 2.24) is 10.2 Å². The number of nitrogens with one attached hydrogen (secondary N) is 1. The van der Waals surface area contributed by atoms with Crippen molar-refractivity contribution in [3.05, 3.63) is 0 Å². The zero-order valence-electron chi connectivity index (χ0n) is 9.14. The molecule has 2 nitrogen and oxygen atoms in total. The predicted octanol–water partition coefficient (Wildman–Crippen LogP) is 1.47. The van der Waals surface area contributed by atoms with Crippen LogP contribution < -0.4 is 5.32 Å². The van der Waals surface area contributed by atoms with Gasteiger partial charge in [0.15, 0.2) is 0 Å². The van der Waals surface area contributed by atoms with E-state index in [1.165, 1.54) is 32.5 Å². The fourth-order valence-electron chi connectivity index (χ4n) is 2.81.